The van der Waals surface area contributed by atoms with Crippen molar-refractivity contribution >= 4 is 21.4 Å². The van der Waals surface area contributed by atoms with E-state index in [2.05, 4.69) is 15.1 Å². The van der Waals surface area contributed by atoms with Gasteiger partial charge in [0.2, 0.25) is 21.6 Å². The Labute approximate surface area is 172 Å². The molecule has 0 spiro atoms. The van der Waals surface area contributed by atoms with Crippen LogP contribution in [-0.4, -0.2) is 61.4 Å². The van der Waals surface area contributed by atoms with Crippen molar-refractivity contribution in [3.05, 3.63) is 60.4 Å². The molecule has 2 heterocycles. The standard InChI is InChI=1S/C20H19FN4O4S/c21-16-8-6-15(7-9-16)19-22-23-20(29-19)30(27,28)14-18(26)25-12-10-24(11-13-25)17-4-2-1-3-5-17/h1-9H,10-14H2. The summed E-state index contributed by atoms with van der Waals surface area (Å²) in [6, 6.07) is 15.0. The van der Waals surface area contributed by atoms with Crippen molar-refractivity contribution < 1.29 is 22.0 Å². The van der Waals surface area contributed by atoms with Crippen LogP contribution in [0.4, 0.5) is 10.1 Å². The number of nitrogens with zero attached hydrogens (tertiary/aromatic N) is 4. The van der Waals surface area contributed by atoms with Gasteiger partial charge in [-0.05, 0) is 36.4 Å². The number of piperazine rings is 1. The molecule has 3 aromatic rings. The Morgan fingerprint density at radius 2 is 1.63 bits per heavy atom. The molecule has 0 aliphatic carbocycles. The van der Waals surface area contributed by atoms with Crippen molar-refractivity contribution in [1.29, 1.82) is 0 Å². The highest BCUT2D eigenvalue weighted by Crippen LogP contribution is 2.21. The van der Waals surface area contributed by atoms with E-state index in [0.717, 1.165) is 5.69 Å². The first-order valence-electron chi connectivity index (χ1n) is 9.32. The normalized spacial score (nSPS) is 14.7. The van der Waals surface area contributed by atoms with Crippen molar-refractivity contribution in [2.45, 2.75) is 5.22 Å². The van der Waals surface area contributed by atoms with Gasteiger partial charge in [-0.1, -0.05) is 23.3 Å². The van der Waals surface area contributed by atoms with E-state index in [0.29, 0.717) is 31.7 Å². The summed E-state index contributed by atoms with van der Waals surface area (Å²) in [4.78, 5) is 16.2. The van der Waals surface area contributed by atoms with Crippen LogP contribution in [0.1, 0.15) is 0 Å². The van der Waals surface area contributed by atoms with Crippen LogP contribution in [0.5, 0.6) is 0 Å². The Morgan fingerprint density at radius 1 is 0.967 bits per heavy atom. The highest BCUT2D eigenvalue weighted by Gasteiger charge is 2.30. The van der Waals surface area contributed by atoms with Gasteiger partial charge in [0.05, 0.1) is 0 Å². The minimum Gasteiger partial charge on any atom is -0.408 e. The van der Waals surface area contributed by atoms with E-state index in [1.54, 1.807) is 0 Å². The molecule has 0 N–H and O–H groups in total. The molecule has 2 aromatic carbocycles. The van der Waals surface area contributed by atoms with Crippen LogP contribution in [0.25, 0.3) is 11.5 Å². The fourth-order valence-corrected chi connectivity index (χ4v) is 4.22. The molecule has 0 radical (unpaired) electrons. The molecular formula is C20H19FN4O4S. The third-order valence-corrected chi connectivity index (χ3v) is 6.15. The summed E-state index contributed by atoms with van der Waals surface area (Å²) in [6.07, 6.45) is 0. The Hall–Kier alpha value is -3.27. The second-order valence-electron chi connectivity index (χ2n) is 6.84. The Balaban J connectivity index is 1.39. The lowest BCUT2D eigenvalue weighted by Crippen LogP contribution is -2.50. The molecule has 156 valence electrons. The molecule has 1 aromatic heterocycles. The molecule has 10 heteroatoms. The van der Waals surface area contributed by atoms with Crippen molar-refractivity contribution in [2.24, 2.45) is 0 Å². The van der Waals surface area contributed by atoms with Crippen LogP contribution in [0.3, 0.4) is 0 Å². The average molecular weight is 430 g/mol. The molecule has 0 saturated carbocycles. The molecule has 1 aliphatic rings. The molecular weight excluding hydrogens is 411 g/mol. The number of anilines is 1. The number of carbonyl (C=O) groups excluding carboxylic acids is 1. The number of sulfone groups is 1. The van der Waals surface area contributed by atoms with Gasteiger partial charge < -0.3 is 14.2 Å². The van der Waals surface area contributed by atoms with Gasteiger partial charge in [0, 0.05) is 37.4 Å². The van der Waals surface area contributed by atoms with Crippen LogP contribution in [0.2, 0.25) is 0 Å². The third kappa shape index (κ3) is 4.33. The van der Waals surface area contributed by atoms with E-state index in [-0.39, 0.29) is 5.89 Å². The third-order valence-electron chi connectivity index (χ3n) is 4.83. The number of rotatable bonds is 5. The lowest BCUT2D eigenvalue weighted by atomic mass is 10.2. The number of hydrogen-bond donors (Lipinski definition) is 0. The van der Waals surface area contributed by atoms with Gasteiger partial charge in [0.1, 0.15) is 11.6 Å². The van der Waals surface area contributed by atoms with Gasteiger partial charge in [-0.2, -0.15) is 0 Å². The number of halogens is 1. The Morgan fingerprint density at radius 3 is 2.30 bits per heavy atom. The average Bonchev–Trinajstić information content (AvgIpc) is 3.26. The molecule has 1 amide bonds. The molecule has 0 unspecified atom stereocenters. The molecule has 0 atom stereocenters. The van der Waals surface area contributed by atoms with Gasteiger partial charge >= 0.3 is 5.22 Å². The number of benzene rings is 2. The van der Waals surface area contributed by atoms with Gasteiger partial charge in [-0.25, -0.2) is 12.8 Å². The Kier molecular flexibility index (Phi) is 5.49. The van der Waals surface area contributed by atoms with Crippen molar-refractivity contribution in [3.63, 3.8) is 0 Å². The molecule has 8 nitrogen and oxygen atoms in total. The fourth-order valence-electron chi connectivity index (χ4n) is 3.21. The number of hydrogen-bond acceptors (Lipinski definition) is 7. The van der Waals surface area contributed by atoms with Crippen molar-refractivity contribution in [2.75, 3.05) is 36.8 Å². The number of aromatic nitrogens is 2. The number of amides is 1. The Bertz CT molecular complexity index is 1130. The van der Waals surface area contributed by atoms with E-state index in [1.807, 2.05) is 30.3 Å². The topological polar surface area (TPSA) is 96.6 Å². The predicted octanol–water partition coefficient (Wildman–Crippen LogP) is 2.00. The second-order valence-corrected chi connectivity index (χ2v) is 8.71. The minimum atomic E-state index is -4.09. The van der Waals surface area contributed by atoms with Crippen LogP contribution >= 0.6 is 0 Å². The fraction of sp³-hybridized carbons (Fsp3) is 0.250. The maximum atomic E-state index is 13.0. The van der Waals surface area contributed by atoms with E-state index < -0.39 is 32.5 Å². The molecule has 30 heavy (non-hydrogen) atoms. The second kappa shape index (κ2) is 8.23. The SMILES string of the molecule is O=C(CS(=O)(=O)c1nnc(-c2ccc(F)cc2)o1)N1CCN(c2ccccc2)CC1. The lowest BCUT2D eigenvalue weighted by Gasteiger charge is -2.36. The summed E-state index contributed by atoms with van der Waals surface area (Å²) >= 11 is 0. The molecule has 4 rings (SSSR count). The highest BCUT2D eigenvalue weighted by molar-refractivity contribution is 7.91. The van der Waals surface area contributed by atoms with Crippen molar-refractivity contribution in [1.82, 2.24) is 15.1 Å². The first-order valence-corrected chi connectivity index (χ1v) is 11.0. The van der Waals surface area contributed by atoms with E-state index >= 15 is 0 Å². The zero-order valence-corrected chi connectivity index (χ0v) is 16.8. The van der Waals surface area contributed by atoms with Gasteiger partial charge in [-0.3, -0.25) is 4.79 Å². The summed E-state index contributed by atoms with van der Waals surface area (Å²) in [5.41, 5.74) is 1.45. The monoisotopic (exact) mass is 430 g/mol. The predicted molar refractivity (Wildman–Crippen MR) is 107 cm³/mol. The largest absolute Gasteiger partial charge is 0.408 e. The van der Waals surface area contributed by atoms with E-state index in [9.17, 15) is 17.6 Å². The molecule has 1 aliphatic heterocycles. The van der Waals surface area contributed by atoms with E-state index in [4.69, 9.17) is 4.42 Å². The number of carbonyl (C=O) groups is 1. The van der Waals surface area contributed by atoms with Crippen LogP contribution < -0.4 is 4.90 Å². The van der Waals surface area contributed by atoms with Crippen molar-refractivity contribution in [3.8, 4) is 11.5 Å². The zero-order valence-electron chi connectivity index (χ0n) is 15.9. The first kappa shape index (κ1) is 20.0. The van der Waals surface area contributed by atoms with Gasteiger partial charge in [0.15, 0.2) is 0 Å². The van der Waals surface area contributed by atoms with Crippen LogP contribution in [0, 0.1) is 5.82 Å². The summed E-state index contributed by atoms with van der Waals surface area (Å²) in [5, 5.41) is 6.63. The summed E-state index contributed by atoms with van der Waals surface area (Å²) in [6.45, 7) is 2.08. The lowest BCUT2D eigenvalue weighted by molar-refractivity contribution is -0.128. The highest BCUT2D eigenvalue weighted by atomic mass is 32.2. The summed E-state index contributed by atoms with van der Waals surface area (Å²) in [5.74, 6) is -1.76. The van der Waals surface area contributed by atoms with Crippen LogP contribution in [-0.2, 0) is 14.6 Å². The molecule has 0 bridgehead atoms. The van der Waals surface area contributed by atoms with E-state index in [1.165, 1.54) is 29.2 Å². The maximum Gasteiger partial charge on any atom is 0.336 e. The van der Waals surface area contributed by atoms with Crippen LogP contribution in [0.15, 0.2) is 64.2 Å². The minimum absolute atomic E-state index is 0.0579. The quantitative estimate of drug-likeness (QED) is 0.611. The number of para-hydroxylation sites is 1. The first-order chi connectivity index (χ1) is 14.4. The molecule has 1 saturated heterocycles. The summed E-state index contributed by atoms with van der Waals surface area (Å²) in [7, 11) is -4.09. The molecule has 1 fully saturated rings. The van der Waals surface area contributed by atoms with Gasteiger partial charge in [0.25, 0.3) is 0 Å². The van der Waals surface area contributed by atoms with Gasteiger partial charge in [-0.15, -0.1) is 5.10 Å². The summed E-state index contributed by atoms with van der Waals surface area (Å²) < 4.78 is 43.4. The zero-order chi connectivity index (χ0) is 21.1. The smallest absolute Gasteiger partial charge is 0.336 e. The maximum absolute atomic E-state index is 13.0.